The Hall–Kier alpha value is -2.32. The summed E-state index contributed by atoms with van der Waals surface area (Å²) in [6, 6.07) is 12.0. The molecule has 0 spiro atoms. The van der Waals surface area contributed by atoms with Gasteiger partial charge in [0.1, 0.15) is 11.5 Å². The summed E-state index contributed by atoms with van der Waals surface area (Å²) in [4.78, 5) is 5.60. The van der Waals surface area contributed by atoms with Crippen molar-refractivity contribution in [2.24, 2.45) is 0 Å². The van der Waals surface area contributed by atoms with Crippen molar-refractivity contribution in [3.63, 3.8) is 0 Å². The highest BCUT2D eigenvalue weighted by molar-refractivity contribution is 6.83. The fourth-order valence-electron chi connectivity index (χ4n) is 12.4. The van der Waals surface area contributed by atoms with Gasteiger partial charge in [0.05, 0.1) is 0 Å². The van der Waals surface area contributed by atoms with Gasteiger partial charge in [-0.05, 0) is 112 Å². The number of anilines is 2. The van der Waals surface area contributed by atoms with E-state index < -0.39 is 16.5 Å². The molecule has 0 aliphatic heterocycles. The largest absolute Gasteiger partial charge is 0.373 e. The molecule has 1 N–H and O–H groups in total. The predicted molar refractivity (Wildman–Crippen MR) is 229 cm³/mol. The summed E-state index contributed by atoms with van der Waals surface area (Å²) in [5.74, 6) is 2.31. The molecule has 2 aliphatic carbocycles. The van der Waals surface area contributed by atoms with Crippen LogP contribution in [-0.4, -0.2) is 29.9 Å². The summed E-state index contributed by atoms with van der Waals surface area (Å²) in [6.45, 7) is 30.0. The first-order valence-corrected chi connectivity index (χ1v) is 25.6. The molecule has 4 aromatic rings. The third kappa shape index (κ3) is 6.51. The third-order valence-electron chi connectivity index (χ3n) is 14.3. The van der Waals surface area contributed by atoms with Gasteiger partial charge in [-0.1, -0.05) is 128 Å². The molecule has 0 bridgehead atoms. The van der Waals surface area contributed by atoms with E-state index in [2.05, 4.69) is 140 Å². The second-order valence-electron chi connectivity index (χ2n) is 18.7. The number of aromatic nitrogens is 3. The van der Waals surface area contributed by atoms with E-state index in [1.54, 1.807) is 11.1 Å². The van der Waals surface area contributed by atoms with Crippen LogP contribution in [0.15, 0.2) is 42.7 Å². The van der Waals surface area contributed by atoms with Crippen LogP contribution >= 0.6 is 0 Å². The summed E-state index contributed by atoms with van der Waals surface area (Å²) < 4.78 is 5.67. The Morgan fingerprint density at radius 3 is 1.47 bits per heavy atom. The van der Waals surface area contributed by atoms with Gasteiger partial charge >= 0.3 is 0 Å². The van der Waals surface area contributed by atoms with Crippen molar-refractivity contribution in [2.45, 2.75) is 192 Å². The molecule has 51 heavy (non-hydrogen) atoms. The molecule has 280 valence electrons. The van der Waals surface area contributed by atoms with Crippen molar-refractivity contribution in [1.82, 2.24) is 13.4 Å². The average molecular weight is 725 g/mol. The van der Waals surface area contributed by atoms with Crippen molar-refractivity contribution < 1.29 is 0 Å². The Labute approximate surface area is 313 Å². The molecule has 1 aromatic carbocycles. The highest BCUT2D eigenvalue weighted by atomic mass is 28.3. The van der Waals surface area contributed by atoms with Gasteiger partial charge in [-0.25, -0.2) is 4.98 Å². The van der Waals surface area contributed by atoms with E-state index >= 15 is 0 Å². The van der Waals surface area contributed by atoms with E-state index in [4.69, 9.17) is 4.98 Å². The summed E-state index contributed by atoms with van der Waals surface area (Å²) in [5.41, 5.74) is 10.8. The van der Waals surface area contributed by atoms with Gasteiger partial charge in [0.2, 0.25) is 0 Å². The van der Waals surface area contributed by atoms with Crippen LogP contribution in [0.2, 0.25) is 33.2 Å². The first-order chi connectivity index (χ1) is 24.3. The number of benzene rings is 1. The van der Waals surface area contributed by atoms with Crippen molar-refractivity contribution in [3.05, 3.63) is 53.9 Å². The molecule has 4 nitrogen and oxygen atoms in total. The predicted octanol–water partition coefficient (Wildman–Crippen LogP) is 14.9. The van der Waals surface area contributed by atoms with E-state index in [0.29, 0.717) is 45.1 Å². The quantitative estimate of drug-likeness (QED) is 0.148. The molecule has 0 unspecified atom stereocenters. The van der Waals surface area contributed by atoms with Crippen LogP contribution in [0.3, 0.4) is 0 Å². The fourth-order valence-corrected chi connectivity index (χ4v) is 25.6. The maximum Gasteiger partial charge on any atom is 0.171 e. The van der Waals surface area contributed by atoms with Crippen LogP contribution in [0.5, 0.6) is 0 Å². The highest BCUT2D eigenvalue weighted by Crippen LogP contribution is 2.49. The number of hydrogen-bond donors (Lipinski definition) is 1. The molecule has 6 heteroatoms. The summed E-state index contributed by atoms with van der Waals surface area (Å²) in [5, 5.41) is 6.78. The maximum atomic E-state index is 5.60. The lowest BCUT2D eigenvalue weighted by atomic mass is 9.84. The van der Waals surface area contributed by atoms with E-state index in [-0.39, 0.29) is 0 Å². The van der Waals surface area contributed by atoms with Crippen LogP contribution < -0.4 is 5.32 Å². The van der Waals surface area contributed by atoms with Crippen molar-refractivity contribution in [1.29, 1.82) is 0 Å². The standard InChI is InChI=1S/C45H72N4Si2/c1-30(2)50(31(3)4,32(5)6)48-28-41(36-19-15-13-16-20-36)39-24-23-38(27-43(39)48)46-44-26-25-40-42(37-21-17-14-18-22-37)29-49(45(40)47-44)51(33(7)8,34(9)10)35(11)12/h23-37H,13-22H2,1-12H3,(H,46,47). The van der Waals surface area contributed by atoms with E-state index in [0.717, 1.165) is 11.5 Å². The normalized spacial score (nSPS) is 17.5. The van der Waals surface area contributed by atoms with Crippen LogP contribution in [0, 0.1) is 0 Å². The lowest BCUT2D eigenvalue weighted by Crippen LogP contribution is -2.51. The molecule has 2 fully saturated rings. The zero-order chi connectivity index (χ0) is 36.8. The highest BCUT2D eigenvalue weighted by Gasteiger charge is 2.48. The first kappa shape index (κ1) is 38.4. The monoisotopic (exact) mass is 725 g/mol. The van der Waals surface area contributed by atoms with Gasteiger partial charge in [-0.15, -0.1) is 0 Å². The minimum Gasteiger partial charge on any atom is -0.373 e. The summed E-state index contributed by atoms with van der Waals surface area (Å²) in [7, 11) is -3.97. The Kier molecular flexibility index (Phi) is 11.4. The number of pyridine rings is 1. The van der Waals surface area contributed by atoms with Crippen LogP contribution in [0.4, 0.5) is 11.5 Å². The molecule has 0 saturated heterocycles. The van der Waals surface area contributed by atoms with Gasteiger partial charge in [0.25, 0.3) is 0 Å². The number of fused-ring (bicyclic) bond motifs is 2. The summed E-state index contributed by atoms with van der Waals surface area (Å²) in [6.07, 6.45) is 18.8. The SMILES string of the molecule is CC(C)[Si](C(C)C)(C(C)C)n1cc(C2CCCCC2)c2ccc(Nc3ccc4c(C5CCCCC5)cn([Si](C(C)C)(C(C)C)C(C)C)c4n3)cc21. The lowest BCUT2D eigenvalue weighted by Gasteiger charge is -2.44. The number of nitrogens with one attached hydrogen (secondary N) is 1. The minimum atomic E-state index is -2.01. The maximum absolute atomic E-state index is 5.60. The van der Waals surface area contributed by atoms with Gasteiger partial charge in [-0.3, -0.25) is 0 Å². The molecule has 0 amide bonds. The molecule has 2 saturated carbocycles. The molecule has 2 aliphatic rings. The minimum absolute atomic E-state index is 0.617. The van der Waals surface area contributed by atoms with Gasteiger partial charge < -0.3 is 13.8 Å². The third-order valence-corrected chi connectivity index (χ3v) is 27.7. The van der Waals surface area contributed by atoms with Gasteiger partial charge in [-0.2, -0.15) is 0 Å². The van der Waals surface area contributed by atoms with E-state index in [1.165, 1.54) is 86.1 Å². The Bertz CT molecular complexity index is 1610. The first-order valence-electron chi connectivity index (χ1n) is 21.2. The van der Waals surface area contributed by atoms with E-state index in [1.807, 2.05) is 0 Å². The van der Waals surface area contributed by atoms with E-state index in [9.17, 15) is 0 Å². The zero-order valence-electron chi connectivity index (χ0n) is 34.6. The second kappa shape index (κ2) is 15.2. The molecular formula is C45H72N4Si2. The second-order valence-corrected chi connectivity index (χ2v) is 30.1. The van der Waals surface area contributed by atoms with Crippen molar-refractivity contribution in [3.8, 4) is 0 Å². The molecule has 0 atom stereocenters. The van der Waals surface area contributed by atoms with Crippen LogP contribution in [0.1, 0.15) is 170 Å². The molecule has 3 aromatic heterocycles. The smallest absolute Gasteiger partial charge is 0.171 e. The lowest BCUT2D eigenvalue weighted by molar-refractivity contribution is 0.445. The average Bonchev–Trinajstić information content (AvgIpc) is 3.64. The van der Waals surface area contributed by atoms with Crippen LogP contribution in [-0.2, 0) is 0 Å². The number of hydrogen-bond acceptors (Lipinski definition) is 2. The van der Waals surface area contributed by atoms with Gasteiger partial charge in [0, 0.05) is 28.2 Å². The summed E-state index contributed by atoms with van der Waals surface area (Å²) >= 11 is 0. The van der Waals surface area contributed by atoms with Crippen LogP contribution in [0.25, 0.3) is 21.9 Å². The molecular weight excluding hydrogens is 653 g/mol. The number of rotatable bonds is 12. The molecule has 3 heterocycles. The van der Waals surface area contributed by atoms with Crippen molar-refractivity contribution >= 4 is 49.9 Å². The molecule has 0 radical (unpaired) electrons. The Morgan fingerprint density at radius 2 is 0.980 bits per heavy atom. The Morgan fingerprint density at radius 1 is 0.549 bits per heavy atom. The Balaban J connectivity index is 1.51. The fraction of sp³-hybridized carbons (Fsp3) is 0.667. The topological polar surface area (TPSA) is 34.8 Å². The van der Waals surface area contributed by atoms with Gasteiger partial charge in [0.15, 0.2) is 16.5 Å². The number of nitrogens with zero attached hydrogens (tertiary/aromatic N) is 3. The molecule has 6 rings (SSSR count). The van der Waals surface area contributed by atoms with Crippen molar-refractivity contribution in [2.75, 3.05) is 5.32 Å². The zero-order valence-corrected chi connectivity index (χ0v) is 36.6.